The maximum absolute atomic E-state index is 12.2. The molecule has 0 N–H and O–H groups in total. The Balaban J connectivity index is 1.53. The van der Waals surface area contributed by atoms with Crippen molar-refractivity contribution in [3.05, 3.63) is 45.7 Å². The minimum Gasteiger partial charge on any atom is -0.354 e. The molecule has 0 spiro atoms. The number of rotatable bonds is 4. The van der Waals surface area contributed by atoms with Gasteiger partial charge >= 0.3 is 0 Å². The molecule has 1 aliphatic heterocycles. The van der Waals surface area contributed by atoms with Crippen LogP contribution < -0.4 is 4.90 Å². The van der Waals surface area contributed by atoms with Crippen LogP contribution in [0, 0.1) is 0 Å². The Labute approximate surface area is 133 Å². The number of pyridine rings is 1. The molecule has 0 radical (unpaired) electrons. The fourth-order valence-corrected chi connectivity index (χ4v) is 3.39. The standard InChI is InChI=1S/C15H16ClN3OS/c16-14-5-4-13(21-14)12(20)11-18-7-9-19(10-8-18)15-3-1-2-6-17-15/h1-6H,7-11H2. The third-order valence-corrected chi connectivity index (χ3v) is 4.83. The van der Waals surface area contributed by atoms with Gasteiger partial charge in [0.05, 0.1) is 15.8 Å². The number of nitrogens with zero attached hydrogens (tertiary/aromatic N) is 3. The Morgan fingerprint density at radius 1 is 1.19 bits per heavy atom. The van der Waals surface area contributed by atoms with Crippen molar-refractivity contribution in [2.45, 2.75) is 0 Å². The Morgan fingerprint density at radius 2 is 2.00 bits per heavy atom. The van der Waals surface area contributed by atoms with Gasteiger partial charge in [0, 0.05) is 32.4 Å². The second kappa shape index (κ2) is 6.56. The van der Waals surface area contributed by atoms with Gasteiger partial charge in [-0.15, -0.1) is 11.3 Å². The lowest BCUT2D eigenvalue weighted by molar-refractivity contribution is 0.0930. The zero-order valence-corrected chi connectivity index (χ0v) is 13.1. The van der Waals surface area contributed by atoms with Crippen molar-refractivity contribution in [3.8, 4) is 0 Å². The van der Waals surface area contributed by atoms with Crippen LogP contribution in [0.25, 0.3) is 0 Å². The molecule has 4 nitrogen and oxygen atoms in total. The van der Waals surface area contributed by atoms with Crippen molar-refractivity contribution in [2.75, 3.05) is 37.6 Å². The summed E-state index contributed by atoms with van der Waals surface area (Å²) in [6.45, 7) is 4.01. The minimum atomic E-state index is 0.151. The molecule has 2 aromatic heterocycles. The molecule has 6 heteroatoms. The number of carbonyl (C=O) groups is 1. The predicted octanol–water partition coefficient (Wildman–Crippen LogP) is 2.80. The summed E-state index contributed by atoms with van der Waals surface area (Å²) in [7, 11) is 0. The van der Waals surface area contributed by atoms with Crippen LogP contribution in [-0.4, -0.2) is 48.4 Å². The van der Waals surface area contributed by atoms with Crippen molar-refractivity contribution >= 4 is 34.5 Å². The zero-order valence-electron chi connectivity index (χ0n) is 11.5. The van der Waals surface area contributed by atoms with Crippen molar-refractivity contribution in [3.63, 3.8) is 0 Å². The van der Waals surface area contributed by atoms with Gasteiger partial charge in [-0.2, -0.15) is 0 Å². The number of halogens is 1. The van der Waals surface area contributed by atoms with Crippen LogP contribution >= 0.6 is 22.9 Å². The molecule has 1 saturated heterocycles. The first-order chi connectivity index (χ1) is 10.2. The molecule has 110 valence electrons. The number of thiophene rings is 1. The van der Waals surface area contributed by atoms with E-state index < -0.39 is 0 Å². The summed E-state index contributed by atoms with van der Waals surface area (Å²) in [4.78, 5) is 21.7. The van der Waals surface area contributed by atoms with Gasteiger partial charge in [-0.25, -0.2) is 4.98 Å². The maximum atomic E-state index is 12.2. The van der Waals surface area contributed by atoms with Gasteiger partial charge in [-0.1, -0.05) is 17.7 Å². The molecule has 0 amide bonds. The van der Waals surface area contributed by atoms with Crippen LogP contribution in [0.15, 0.2) is 36.5 Å². The normalized spacial score (nSPS) is 16.1. The fraction of sp³-hybridized carbons (Fsp3) is 0.333. The lowest BCUT2D eigenvalue weighted by atomic mass is 10.2. The van der Waals surface area contributed by atoms with Crippen molar-refractivity contribution < 1.29 is 4.79 Å². The number of hydrogen-bond donors (Lipinski definition) is 0. The largest absolute Gasteiger partial charge is 0.354 e. The molecule has 0 atom stereocenters. The summed E-state index contributed by atoms with van der Waals surface area (Å²) in [5, 5.41) is 0. The predicted molar refractivity (Wildman–Crippen MR) is 86.5 cm³/mol. The number of Topliss-reactive ketones (excluding diaryl/α,β-unsaturated/α-hetero) is 1. The first kappa shape index (κ1) is 14.5. The molecule has 1 aliphatic rings. The van der Waals surface area contributed by atoms with E-state index in [2.05, 4.69) is 14.8 Å². The van der Waals surface area contributed by atoms with E-state index in [-0.39, 0.29) is 5.78 Å². The van der Waals surface area contributed by atoms with E-state index >= 15 is 0 Å². The van der Waals surface area contributed by atoms with Crippen LogP contribution in [0.2, 0.25) is 4.34 Å². The first-order valence-electron chi connectivity index (χ1n) is 6.89. The van der Waals surface area contributed by atoms with E-state index in [0.29, 0.717) is 10.9 Å². The number of aromatic nitrogens is 1. The number of ketones is 1. The van der Waals surface area contributed by atoms with E-state index in [1.165, 1.54) is 11.3 Å². The lowest BCUT2D eigenvalue weighted by Gasteiger charge is -2.34. The Morgan fingerprint density at radius 3 is 2.62 bits per heavy atom. The quantitative estimate of drug-likeness (QED) is 0.811. The highest BCUT2D eigenvalue weighted by molar-refractivity contribution is 7.18. The second-order valence-corrected chi connectivity index (χ2v) is 6.69. The smallest absolute Gasteiger partial charge is 0.186 e. The number of hydrogen-bond acceptors (Lipinski definition) is 5. The van der Waals surface area contributed by atoms with Gasteiger partial charge in [0.25, 0.3) is 0 Å². The third-order valence-electron chi connectivity index (χ3n) is 3.56. The van der Waals surface area contributed by atoms with Gasteiger partial charge in [0.2, 0.25) is 0 Å². The average molecular weight is 322 g/mol. The summed E-state index contributed by atoms with van der Waals surface area (Å²) in [5.41, 5.74) is 0. The molecule has 0 aliphatic carbocycles. The van der Waals surface area contributed by atoms with E-state index in [9.17, 15) is 4.79 Å². The van der Waals surface area contributed by atoms with Crippen LogP contribution in [0.5, 0.6) is 0 Å². The second-order valence-electron chi connectivity index (χ2n) is 4.98. The Bertz CT molecular complexity index is 608. The van der Waals surface area contributed by atoms with Crippen LogP contribution in [0.1, 0.15) is 9.67 Å². The van der Waals surface area contributed by atoms with Crippen molar-refractivity contribution in [1.82, 2.24) is 9.88 Å². The third kappa shape index (κ3) is 3.61. The van der Waals surface area contributed by atoms with Gasteiger partial charge < -0.3 is 4.90 Å². The monoisotopic (exact) mass is 321 g/mol. The number of piperazine rings is 1. The van der Waals surface area contributed by atoms with Gasteiger partial charge in [-0.3, -0.25) is 9.69 Å². The van der Waals surface area contributed by atoms with E-state index in [0.717, 1.165) is 36.9 Å². The van der Waals surface area contributed by atoms with Crippen LogP contribution in [-0.2, 0) is 0 Å². The summed E-state index contributed by atoms with van der Waals surface area (Å²) < 4.78 is 0.665. The minimum absolute atomic E-state index is 0.151. The molecule has 21 heavy (non-hydrogen) atoms. The molecular formula is C15H16ClN3OS. The average Bonchev–Trinajstić information content (AvgIpc) is 2.96. The van der Waals surface area contributed by atoms with E-state index in [4.69, 9.17) is 11.6 Å². The Hall–Kier alpha value is -1.43. The van der Waals surface area contributed by atoms with Crippen LogP contribution in [0.4, 0.5) is 5.82 Å². The zero-order chi connectivity index (χ0) is 14.7. The molecule has 1 fully saturated rings. The topological polar surface area (TPSA) is 36.4 Å². The maximum Gasteiger partial charge on any atom is 0.186 e. The van der Waals surface area contributed by atoms with Gasteiger partial charge in [-0.05, 0) is 24.3 Å². The summed E-state index contributed by atoms with van der Waals surface area (Å²) in [6.07, 6.45) is 1.81. The highest BCUT2D eigenvalue weighted by Crippen LogP contribution is 2.22. The molecule has 0 saturated carbocycles. The van der Waals surface area contributed by atoms with Gasteiger partial charge in [0.15, 0.2) is 5.78 Å². The highest BCUT2D eigenvalue weighted by Gasteiger charge is 2.20. The van der Waals surface area contributed by atoms with Crippen molar-refractivity contribution in [1.29, 1.82) is 0 Å². The van der Waals surface area contributed by atoms with E-state index in [1.807, 2.05) is 24.4 Å². The van der Waals surface area contributed by atoms with Gasteiger partial charge in [0.1, 0.15) is 5.82 Å². The molecular weight excluding hydrogens is 306 g/mol. The molecule has 3 rings (SSSR count). The Kier molecular flexibility index (Phi) is 4.53. The molecule has 3 heterocycles. The summed E-state index contributed by atoms with van der Waals surface area (Å²) >= 11 is 7.22. The molecule has 0 unspecified atom stereocenters. The van der Waals surface area contributed by atoms with E-state index in [1.54, 1.807) is 12.1 Å². The van der Waals surface area contributed by atoms with Crippen LogP contribution in [0.3, 0.4) is 0 Å². The SMILES string of the molecule is O=C(CN1CCN(c2ccccn2)CC1)c1ccc(Cl)s1. The summed E-state index contributed by atoms with van der Waals surface area (Å²) in [5.74, 6) is 1.16. The first-order valence-corrected chi connectivity index (χ1v) is 8.09. The molecule has 0 bridgehead atoms. The molecule has 0 aromatic carbocycles. The number of anilines is 1. The summed E-state index contributed by atoms with van der Waals surface area (Å²) in [6, 6.07) is 9.52. The molecule has 2 aromatic rings. The lowest BCUT2D eigenvalue weighted by Crippen LogP contribution is -2.48. The fourth-order valence-electron chi connectivity index (χ4n) is 2.42. The van der Waals surface area contributed by atoms with Crippen molar-refractivity contribution in [2.24, 2.45) is 0 Å². The number of carbonyl (C=O) groups excluding carboxylic acids is 1. The highest BCUT2D eigenvalue weighted by atomic mass is 35.5.